The van der Waals surface area contributed by atoms with Crippen LogP contribution in [0.4, 0.5) is 11.4 Å². The van der Waals surface area contributed by atoms with Gasteiger partial charge in [-0.2, -0.15) is 0 Å². The second-order valence-electron chi connectivity index (χ2n) is 4.11. The minimum absolute atomic E-state index is 0.562. The largest absolute Gasteiger partial charge is 0.444 e. The van der Waals surface area contributed by atoms with Crippen molar-refractivity contribution in [2.24, 2.45) is 0 Å². The molecule has 0 aliphatic carbocycles. The summed E-state index contributed by atoms with van der Waals surface area (Å²) in [5, 5.41) is 6.53. The molecule has 0 atom stereocenters. The van der Waals surface area contributed by atoms with E-state index >= 15 is 0 Å². The van der Waals surface area contributed by atoms with Gasteiger partial charge >= 0.3 is 0 Å². The maximum Gasteiger partial charge on any atom is 0.213 e. The SMILES string of the molecule is CCCNc1cncc(NCc2ncc(C)o2)c1. The minimum Gasteiger partial charge on any atom is -0.444 e. The fourth-order valence-corrected chi connectivity index (χ4v) is 1.56. The summed E-state index contributed by atoms with van der Waals surface area (Å²) in [6, 6.07) is 2.03. The second kappa shape index (κ2) is 6.05. The molecule has 0 radical (unpaired) electrons. The predicted octanol–water partition coefficient (Wildman–Crippen LogP) is 2.81. The van der Waals surface area contributed by atoms with Crippen LogP contribution >= 0.6 is 0 Å². The van der Waals surface area contributed by atoms with Crippen LogP contribution in [0.25, 0.3) is 0 Å². The first-order chi connectivity index (χ1) is 8.78. The van der Waals surface area contributed by atoms with Crippen LogP contribution in [0.1, 0.15) is 25.0 Å². The Kier molecular flexibility index (Phi) is 4.17. The van der Waals surface area contributed by atoms with Crippen molar-refractivity contribution in [1.29, 1.82) is 0 Å². The summed E-state index contributed by atoms with van der Waals surface area (Å²) in [4.78, 5) is 8.32. The predicted molar refractivity (Wildman–Crippen MR) is 71.6 cm³/mol. The van der Waals surface area contributed by atoms with E-state index in [-0.39, 0.29) is 0 Å². The fraction of sp³-hybridized carbons (Fsp3) is 0.385. The van der Waals surface area contributed by atoms with E-state index in [4.69, 9.17) is 4.42 Å². The molecule has 2 heterocycles. The van der Waals surface area contributed by atoms with Crippen molar-refractivity contribution in [3.05, 3.63) is 36.3 Å². The van der Waals surface area contributed by atoms with Crippen LogP contribution in [0.3, 0.4) is 0 Å². The van der Waals surface area contributed by atoms with Crippen molar-refractivity contribution in [2.75, 3.05) is 17.2 Å². The molecule has 0 aliphatic heterocycles. The van der Waals surface area contributed by atoms with Crippen LogP contribution in [0, 0.1) is 6.92 Å². The highest BCUT2D eigenvalue weighted by Crippen LogP contribution is 2.14. The second-order valence-corrected chi connectivity index (χ2v) is 4.11. The highest BCUT2D eigenvalue weighted by Gasteiger charge is 2.01. The van der Waals surface area contributed by atoms with Crippen molar-refractivity contribution in [3.8, 4) is 0 Å². The van der Waals surface area contributed by atoms with Crippen LogP contribution in [-0.2, 0) is 6.54 Å². The smallest absolute Gasteiger partial charge is 0.213 e. The Hall–Kier alpha value is -2.04. The third-order valence-corrected chi connectivity index (χ3v) is 2.43. The van der Waals surface area contributed by atoms with Crippen molar-refractivity contribution < 1.29 is 4.42 Å². The topological polar surface area (TPSA) is 63.0 Å². The standard InChI is InChI=1S/C13H18N4O/c1-3-4-15-11-5-12(8-14-7-11)16-9-13-17-6-10(2)18-13/h5-8,15-16H,3-4,9H2,1-2H3. The van der Waals surface area contributed by atoms with Gasteiger partial charge in [0.25, 0.3) is 0 Å². The minimum atomic E-state index is 0.562. The lowest BCUT2D eigenvalue weighted by atomic mass is 10.3. The summed E-state index contributed by atoms with van der Waals surface area (Å²) in [5.74, 6) is 1.50. The van der Waals surface area contributed by atoms with Gasteiger partial charge in [-0.3, -0.25) is 4.98 Å². The summed E-state index contributed by atoms with van der Waals surface area (Å²) in [7, 11) is 0. The molecule has 0 saturated heterocycles. The van der Waals surface area contributed by atoms with Crippen molar-refractivity contribution in [3.63, 3.8) is 0 Å². The summed E-state index contributed by atoms with van der Waals surface area (Å²) >= 11 is 0. The summed E-state index contributed by atoms with van der Waals surface area (Å²) in [6.45, 7) is 5.53. The number of pyridine rings is 1. The molecule has 0 saturated carbocycles. The molecule has 0 bridgehead atoms. The molecule has 2 N–H and O–H groups in total. The Morgan fingerprint density at radius 3 is 2.61 bits per heavy atom. The number of oxazole rings is 1. The van der Waals surface area contributed by atoms with Gasteiger partial charge in [0.1, 0.15) is 5.76 Å². The van der Waals surface area contributed by atoms with Crippen LogP contribution in [0.15, 0.2) is 29.1 Å². The van der Waals surface area contributed by atoms with Gasteiger partial charge in [0.2, 0.25) is 5.89 Å². The van der Waals surface area contributed by atoms with Crippen LogP contribution in [0.5, 0.6) is 0 Å². The number of hydrogen-bond acceptors (Lipinski definition) is 5. The summed E-state index contributed by atoms with van der Waals surface area (Å²) in [6.07, 6.45) is 6.41. The molecular weight excluding hydrogens is 228 g/mol. The molecule has 2 aromatic heterocycles. The number of hydrogen-bond donors (Lipinski definition) is 2. The molecule has 0 aliphatic rings. The van der Waals surface area contributed by atoms with Crippen molar-refractivity contribution in [2.45, 2.75) is 26.8 Å². The zero-order valence-electron chi connectivity index (χ0n) is 10.7. The molecule has 18 heavy (non-hydrogen) atoms. The van der Waals surface area contributed by atoms with Crippen LogP contribution in [-0.4, -0.2) is 16.5 Å². The first-order valence-electron chi connectivity index (χ1n) is 6.12. The molecule has 2 rings (SSSR count). The number of anilines is 2. The van der Waals surface area contributed by atoms with E-state index in [0.717, 1.165) is 30.1 Å². The molecular formula is C13H18N4O. The average Bonchev–Trinajstić information content (AvgIpc) is 2.80. The molecule has 0 fully saturated rings. The Labute approximate surface area is 107 Å². The first kappa shape index (κ1) is 12.4. The summed E-state index contributed by atoms with van der Waals surface area (Å²) in [5.41, 5.74) is 1.97. The third kappa shape index (κ3) is 3.48. The molecule has 96 valence electrons. The summed E-state index contributed by atoms with van der Waals surface area (Å²) < 4.78 is 5.39. The Morgan fingerprint density at radius 2 is 1.94 bits per heavy atom. The quantitative estimate of drug-likeness (QED) is 0.820. The number of rotatable bonds is 6. The number of aromatic nitrogens is 2. The number of nitrogens with one attached hydrogen (secondary N) is 2. The monoisotopic (exact) mass is 246 g/mol. The van der Waals surface area contributed by atoms with Crippen molar-refractivity contribution >= 4 is 11.4 Å². The Balaban J connectivity index is 1.92. The number of nitrogens with zero attached hydrogens (tertiary/aromatic N) is 2. The first-order valence-corrected chi connectivity index (χ1v) is 6.12. The van der Waals surface area contributed by atoms with Gasteiger partial charge in [0.05, 0.1) is 36.5 Å². The normalized spacial score (nSPS) is 10.3. The molecule has 0 spiro atoms. The zero-order chi connectivity index (χ0) is 12.8. The Bertz CT molecular complexity index is 495. The van der Waals surface area contributed by atoms with Gasteiger partial charge in [-0.05, 0) is 19.4 Å². The van der Waals surface area contributed by atoms with E-state index < -0.39 is 0 Å². The van der Waals surface area contributed by atoms with Gasteiger partial charge in [-0.25, -0.2) is 4.98 Å². The maximum absolute atomic E-state index is 5.39. The molecule has 5 heteroatoms. The molecule has 0 amide bonds. The average molecular weight is 246 g/mol. The van der Waals surface area contributed by atoms with Crippen molar-refractivity contribution in [1.82, 2.24) is 9.97 Å². The van der Waals surface area contributed by atoms with Gasteiger partial charge in [0.15, 0.2) is 0 Å². The van der Waals surface area contributed by atoms with E-state index in [1.165, 1.54) is 0 Å². The third-order valence-electron chi connectivity index (χ3n) is 2.43. The molecule has 0 unspecified atom stereocenters. The van der Waals surface area contributed by atoms with Gasteiger partial charge < -0.3 is 15.1 Å². The fourth-order valence-electron chi connectivity index (χ4n) is 1.56. The number of aryl methyl sites for hydroxylation is 1. The highest BCUT2D eigenvalue weighted by atomic mass is 16.4. The molecule has 0 aromatic carbocycles. The van der Waals surface area contributed by atoms with E-state index in [1.807, 2.05) is 19.2 Å². The van der Waals surface area contributed by atoms with Gasteiger partial charge in [-0.15, -0.1) is 0 Å². The van der Waals surface area contributed by atoms with E-state index in [1.54, 1.807) is 12.4 Å². The lowest BCUT2D eigenvalue weighted by molar-refractivity contribution is 0.479. The Morgan fingerprint density at radius 1 is 1.17 bits per heavy atom. The van der Waals surface area contributed by atoms with E-state index in [0.29, 0.717) is 12.4 Å². The van der Waals surface area contributed by atoms with E-state index in [2.05, 4.69) is 27.5 Å². The zero-order valence-corrected chi connectivity index (χ0v) is 10.7. The van der Waals surface area contributed by atoms with Gasteiger partial charge in [-0.1, -0.05) is 6.92 Å². The maximum atomic E-state index is 5.39. The van der Waals surface area contributed by atoms with Crippen LogP contribution in [0.2, 0.25) is 0 Å². The lowest BCUT2D eigenvalue weighted by Crippen LogP contribution is -2.03. The van der Waals surface area contributed by atoms with Crippen LogP contribution < -0.4 is 10.6 Å². The van der Waals surface area contributed by atoms with Gasteiger partial charge in [0, 0.05) is 6.54 Å². The molecule has 5 nitrogen and oxygen atoms in total. The molecule has 2 aromatic rings. The highest BCUT2D eigenvalue weighted by molar-refractivity contribution is 5.53. The van der Waals surface area contributed by atoms with E-state index in [9.17, 15) is 0 Å². The lowest BCUT2D eigenvalue weighted by Gasteiger charge is -2.07.